The van der Waals surface area contributed by atoms with E-state index in [2.05, 4.69) is 5.32 Å². The van der Waals surface area contributed by atoms with E-state index in [-0.39, 0.29) is 30.8 Å². The number of hydrogen-bond acceptors (Lipinski definition) is 2. The average molecular weight is 552 g/mol. The van der Waals surface area contributed by atoms with Crippen LogP contribution in [0.3, 0.4) is 0 Å². The molecule has 1 aliphatic rings. The van der Waals surface area contributed by atoms with Gasteiger partial charge in [0.05, 0.1) is 6.42 Å². The minimum Gasteiger partial charge on any atom is -0.352 e. The maximum Gasteiger partial charge on any atom is 0.243 e. The molecule has 1 aliphatic carbocycles. The molecule has 38 heavy (non-hydrogen) atoms. The van der Waals surface area contributed by atoms with E-state index in [9.17, 15) is 9.59 Å². The topological polar surface area (TPSA) is 49.4 Å². The predicted molar refractivity (Wildman–Crippen MR) is 156 cm³/mol. The highest BCUT2D eigenvalue weighted by Crippen LogP contribution is 2.28. The highest BCUT2D eigenvalue weighted by atomic mass is 35.5. The second-order valence-corrected chi connectivity index (χ2v) is 11.2. The highest BCUT2D eigenvalue weighted by Gasteiger charge is 2.33. The molecule has 6 heteroatoms. The van der Waals surface area contributed by atoms with Crippen LogP contribution in [0.4, 0.5) is 0 Å². The average Bonchev–Trinajstić information content (AvgIpc) is 2.91. The van der Waals surface area contributed by atoms with Crippen LogP contribution < -0.4 is 5.32 Å². The Morgan fingerprint density at radius 3 is 2.29 bits per heavy atom. The van der Waals surface area contributed by atoms with Gasteiger partial charge in [-0.2, -0.15) is 0 Å². The molecule has 1 atom stereocenters. The number of aryl methyl sites for hydroxylation is 2. The Labute approximate surface area is 236 Å². The zero-order chi connectivity index (χ0) is 27.1. The van der Waals surface area contributed by atoms with Gasteiger partial charge in [-0.05, 0) is 55.5 Å². The molecule has 0 spiro atoms. The summed E-state index contributed by atoms with van der Waals surface area (Å²) in [6.45, 7) is 4.18. The van der Waals surface area contributed by atoms with E-state index in [1.807, 2.05) is 62.4 Å². The van der Waals surface area contributed by atoms with Gasteiger partial charge >= 0.3 is 0 Å². The fourth-order valence-corrected chi connectivity index (χ4v) is 5.72. The van der Waals surface area contributed by atoms with Crippen molar-refractivity contribution in [2.75, 3.05) is 0 Å². The second-order valence-electron chi connectivity index (χ2n) is 10.4. The van der Waals surface area contributed by atoms with Crippen molar-refractivity contribution in [1.29, 1.82) is 0 Å². The van der Waals surface area contributed by atoms with Gasteiger partial charge in [0.2, 0.25) is 11.8 Å². The Bertz CT molecular complexity index is 1240. The minimum absolute atomic E-state index is 0.127. The Morgan fingerprint density at radius 1 is 0.921 bits per heavy atom. The summed E-state index contributed by atoms with van der Waals surface area (Å²) in [6, 6.07) is 20.7. The van der Waals surface area contributed by atoms with E-state index in [4.69, 9.17) is 23.2 Å². The molecular formula is C32H36Cl2N2O2. The third-order valence-electron chi connectivity index (χ3n) is 7.46. The van der Waals surface area contributed by atoms with Crippen LogP contribution in [0.5, 0.6) is 0 Å². The molecule has 1 saturated carbocycles. The van der Waals surface area contributed by atoms with Crippen molar-refractivity contribution in [1.82, 2.24) is 10.2 Å². The first-order valence-corrected chi connectivity index (χ1v) is 14.2. The Hall–Kier alpha value is -2.82. The number of amides is 2. The van der Waals surface area contributed by atoms with E-state index in [0.29, 0.717) is 22.0 Å². The lowest BCUT2D eigenvalue weighted by Crippen LogP contribution is -2.53. The number of rotatable bonds is 9. The lowest BCUT2D eigenvalue weighted by molar-refractivity contribution is -0.141. The van der Waals surface area contributed by atoms with Crippen LogP contribution in [0.15, 0.2) is 66.7 Å². The van der Waals surface area contributed by atoms with Crippen LogP contribution in [0, 0.1) is 13.8 Å². The van der Waals surface area contributed by atoms with E-state index in [1.165, 1.54) is 6.42 Å². The summed E-state index contributed by atoms with van der Waals surface area (Å²) < 4.78 is 0. The van der Waals surface area contributed by atoms with Gasteiger partial charge < -0.3 is 10.2 Å². The summed E-state index contributed by atoms with van der Waals surface area (Å²) in [6.07, 6.45) is 5.95. The number of hydrogen-bond donors (Lipinski definition) is 1. The van der Waals surface area contributed by atoms with Gasteiger partial charge in [-0.25, -0.2) is 0 Å². The molecule has 0 heterocycles. The smallest absolute Gasteiger partial charge is 0.243 e. The molecule has 4 nitrogen and oxygen atoms in total. The van der Waals surface area contributed by atoms with Crippen LogP contribution in [0.25, 0.3) is 0 Å². The SMILES string of the molecule is Cc1ccc(C)c(CC(=O)N(Cc2c(Cl)cccc2Cl)[C@H](Cc2ccccc2)C(=O)NC2CCCCC2)c1. The molecule has 200 valence electrons. The molecule has 4 rings (SSSR count). The molecule has 1 N–H and O–H groups in total. The lowest BCUT2D eigenvalue weighted by atomic mass is 9.94. The molecule has 0 aliphatic heterocycles. The van der Waals surface area contributed by atoms with E-state index in [1.54, 1.807) is 23.1 Å². The van der Waals surface area contributed by atoms with E-state index >= 15 is 0 Å². The van der Waals surface area contributed by atoms with E-state index < -0.39 is 6.04 Å². The number of nitrogens with zero attached hydrogens (tertiary/aromatic N) is 1. The van der Waals surface area contributed by atoms with E-state index in [0.717, 1.165) is 47.9 Å². The summed E-state index contributed by atoms with van der Waals surface area (Å²) in [5.41, 5.74) is 4.73. The molecule has 0 bridgehead atoms. The standard InChI is InChI=1S/C32H36Cl2N2O2/c1-22-16-17-23(2)25(18-22)20-31(37)36(21-27-28(33)14-9-15-29(27)34)30(19-24-10-5-3-6-11-24)32(38)35-26-12-7-4-8-13-26/h3,5-6,9-11,14-18,26,30H,4,7-8,12-13,19-21H2,1-2H3,(H,35,38)/t30-/m1/s1. The van der Waals surface area contributed by atoms with Gasteiger partial charge in [-0.1, -0.05) is 103 Å². The van der Waals surface area contributed by atoms with Crippen LogP contribution >= 0.6 is 23.2 Å². The second kappa shape index (κ2) is 13.3. The first-order valence-electron chi connectivity index (χ1n) is 13.4. The molecule has 3 aromatic rings. The van der Waals surface area contributed by atoms with Gasteiger partial charge in [-0.3, -0.25) is 9.59 Å². The quantitative estimate of drug-likeness (QED) is 0.305. The molecule has 0 saturated heterocycles. The van der Waals surface area contributed by atoms with Crippen molar-refractivity contribution in [2.24, 2.45) is 0 Å². The van der Waals surface area contributed by atoms with Crippen molar-refractivity contribution < 1.29 is 9.59 Å². The lowest BCUT2D eigenvalue weighted by Gasteiger charge is -2.34. The zero-order valence-corrected chi connectivity index (χ0v) is 23.7. The summed E-state index contributed by atoms with van der Waals surface area (Å²) in [5, 5.41) is 4.23. The summed E-state index contributed by atoms with van der Waals surface area (Å²) >= 11 is 13.1. The molecule has 0 aromatic heterocycles. The van der Waals surface area contributed by atoms with Gasteiger partial charge in [0.1, 0.15) is 6.04 Å². The molecular weight excluding hydrogens is 515 g/mol. The van der Waals surface area contributed by atoms with Crippen LogP contribution in [-0.4, -0.2) is 28.8 Å². The fourth-order valence-electron chi connectivity index (χ4n) is 5.21. The van der Waals surface area contributed by atoms with Crippen LogP contribution in [0.1, 0.15) is 59.9 Å². The number of benzene rings is 3. The van der Waals surface area contributed by atoms with Crippen molar-refractivity contribution in [3.63, 3.8) is 0 Å². The third kappa shape index (κ3) is 7.39. The van der Waals surface area contributed by atoms with Crippen molar-refractivity contribution in [3.8, 4) is 0 Å². The first kappa shape index (κ1) is 28.2. The summed E-state index contributed by atoms with van der Waals surface area (Å²) in [7, 11) is 0. The van der Waals surface area contributed by atoms with Crippen LogP contribution in [-0.2, 0) is 29.0 Å². The predicted octanol–water partition coefficient (Wildman–Crippen LogP) is 7.24. The normalized spacial score (nSPS) is 14.6. The molecule has 3 aromatic carbocycles. The summed E-state index contributed by atoms with van der Waals surface area (Å²) in [4.78, 5) is 29.7. The molecule has 0 radical (unpaired) electrons. The zero-order valence-electron chi connectivity index (χ0n) is 22.2. The van der Waals surface area contributed by atoms with Gasteiger partial charge in [0.25, 0.3) is 0 Å². The molecule has 2 amide bonds. The number of halogens is 2. The van der Waals surface area contributed by atoms with Crippen molar-refractivity contribution in [3.05, 3.63) is 105 Å². The number of carbonyl (C=O) groups is 2. The van der Waals surface area contributed by atoms with Gasteiger partial charge in [-0.15, -0.1) is 0 Å². The number of nitrogens with one attached hydrogen (secondary N) is 1. The first-order chi connectivity index (χ1) is 18.3. The minimum atomic E-state index is -0.704. The van der Waals surface area contributed by atoms with Crippen molar-refractivity contribution >= 4 is 35.0 Å². The Balaban J connectivity index is 1.71. The molecule has 1 fully saturated rings. The monoisotopic (exact) mass is 550 g/mol. The third-order valence-corrected chi connectivity index (χ3v) is 8.17. The highest BCUT2D eigenvalue weighted by molar-refractivity contribution is 6.36. The molecule has 0 unspecified atom stereocenters. The maximum absolute atomic E-state index is 14.1. The summed E-state index contributed by atoms with van der Waals surface area (Å²) in [5.74, 6) is -0.257. The largest absolute Gasteiger partial charge is 0.352 e. The Kier molecular flexibility index (Phi) is 9.87. The van der Waals surface area contributed by atoms with Crippen molar-refractivity contribution in [2.45, 2.75) is 77.4 Å². The van der Waals surface area contributed by atoms with Crippen LogP contribution in [0.2, 0.25) is 10.0 Å². The Morgan fingerprint density at radius 2 is 1.61 bits per heavy atom. The van der Waals surface area contributed by atoms with Gasteiger partial charge in [0.15, 0.2) is 0 Å². The fraction of sp³-hybridized carbons (Fsp3) is 0.375. The maximum atomic E-state index is 14.1. The van der Waals surface area contributed by atoms with Gasteiger partial charge in [0, 0.05) is 34.6 Å². The number of carbonyl (C=O) groups excluding carboxylic acids is 2.